The van der Waals surface area contributed by atoms with Crippen molar-refractivity contribution in [3.63, 3.8) is 0 Å². The zero-order valence-corrected chi connectivity index (χ0v) is 12.1. The van der Waals surface area contributed by atoms with E-state index in [1.54, 1.807) is 0 Å². The van der Waals surface area contributed by atoms with E-state index in [4.69, 9.17) is 40.5 Å². The van der Waals surface area contributed by atoms with Gasteiger partial charge in [-0.3, -0.25) is 0 Å². The maximum atomic E-state index is 6.02. The van der Waals surface area contributed by atoms with E-state index in [1.165, 1.54) is 6.20 Å². The second-order valence-corrected chi connectivity index (χ2v) is 5.00. The summed E-state index contributed by atoms with van der Waals surface area (Å²) in [5.41, 5.74) is 6.70. The zero-order chi connectivity index (χ0) is 11.6. The smallest absolute Gasteiger partial charge is 0.148 e. The molecule has 92 valence electrons. The third-order valence-corrected chi connectivity index (χ3v) is 3.13. The Kier molecular flexibility index (Phi) is 6.99. The number of hydrogen-bond acceptors (Lipinski definition) is 2. The highest BCUT2D eigenvalue weighted by Gasteiger charge is 2.18. The molecule has 0 spiro atoms. The summed E-state index contributed by atoms with van der Waals surface area (Å²) < 4.78 is 0. The summed E-state index contributed by atoms with van der Waals surface area (Å²) in [5, 5.41) is 1.07. The van der Waals surface area contributed by atoms with Crippen LogP contribution in [0.4, 0.5) is 0 Å². The Balaban J connectivity index is 0.00000225. The number of pyridine rings is 1. The molecule has 1 aromatic heterocycles. The number of hydrogen-bond donors (Lipinski definition) is 1. The van der Waals surface area contributed by atoms with Gasteiger partial charge in [-0.05, 0) is 12.3 Å². The number of nitrogens with two attached hydrogens (primary N) is 1. The Morgan fingerprint density at radius 3 is 2.38 bits per heavy atom. The van der Waals surface area contributed by atoms with Gasteiger partial charge in [-0.15, -0.1) is 12.4 Å². The Hall–Kier alpha value is 0.270. The highest BCUT2D eigenvalue weighted by Crippen LogP contribution is 2.35. The van der Waals surface area contributed by atoms with Crippen LogP contribution in [0.5, 0.6) is 0 Å². The highest BCUT2D eigenvalue weighted by molar-refractivity contribution is 6.43. The molecule has 0 fully saturated rings. The molecule has 16 heavy (non-hydrogen) atoms. The highest BCUT2D eigenvalue weighted by atomic mass is 35.5. The van der Waals surface area contributed by atoms with Gasteiger partial charge in [0.05, 0.1) is 10.0 Å². The fourth-order valence-corrected chi connectivity index (χ4v) is 2.19. The molecule has 0 unspecified atom stereocenters. The first-order valence-corrected chi connectivity index (χ1v) is 5.81. The minimum Gasteiger partial charge on any atom is -0.324 e. The third-order valence-electron chi connectivity index (χ3n) is 2.06. The molecule has 0 aliphatic heterocycles. The first-order valence-electron chi connectivity index (χ1n) is 4.68. The lowest BCUT2D eigenvalue weighted by Crippen LogP contribution is -2.14. The zero-order valence-electron chi connectivity index (χ0n) is 9.01. The molecule has 0 aliphatic carbocycles. The molecular weight excluding hydrogens is 290 g/mol. The lowest BCUT2D eigenvalue weighted by molar-refractivity contribution is 0.510. The standard InChI is InChI=1S/C10H13Cl3N2.ClH/c1-5(2)3-7(14)8-6(11)4-15-10(13)9(8)12;/h4-5,7H,3,14H2,1-2H3;1H/t7-;/m1./s1. The Labute approximate surface area is 117 Å². The summed E-state index contributed by atoms with van der Waals surface area (Å²) in [6, 6.07) is -0.203. The van der Waals surface area contributed by atoms with E-state index in [0.717, 1.165) is 6.42 Å². The number of nitrogens with zero attached hydrogens (tertiary/aromatic N) is 1. The van der Waals surface area contributed by atoms with Gasteiger partial charge in [-0.25, -0.2) is 4.98 Å². The molecule has 2 nitrogen and oxygen atoms in total. The molecule has 0 saturated heterocycles. The number of halogens is 4. The summed E-state index contributed by atoms with van der Waals surface area (Å²) >= 11 is 17.8. The van der Waals surface area contributed by atoms with Crippen LogP contribution in [0.2, 0.25) is 15.2 Å². The van der Waals surface area contributed by atoms with Gasteiger partial charge in [-0.1, -0.05) is 48.7 Å². The Bertz CT molecular complexity index is 355. The second-order valence-electron chi connectivity index (χ2n) is 3.86. The quantitative estimate of drug-likeness (QED) is 0.834. The van der Waals surface area contributed by atoms with Gasteiger partial charge in [0.25, 0.3) is 0 Å². The third kappa shape index (κ3) is 3.94. The topological polar surface area (TPSA) is 38.9 Å². The van der Waals surface area contributed by atoms with Crippen LogP contribution in [-0.2, 0) is 0 Å². The largest absolute Gasteiger partial charge is 0.324 e. The van der Waals surface area contributed by atoms with Gasteiger partial charge in [0.2, 0.25) is 0 Å². The molecule has 0 bridgehead atoms. The van der Waals surface area contributed by atoms with Crippen LogP contribution in [-0.4, -0.2) is 4.98 Å². The van der Waals surface area contributed by atoms with Crippen molar-refractivity contribution in [2.45, 2.75) is 26.3 Å². The van der Waals surface area contributed by atoms with Crippen molar-refractivity contribution in [2.75, 3.05) is 0 Å². The molecule has 0 radical (unpaired) electrons. The lowest BCUT2D eigenvalue weighted by Gasteiger charge is -2.17. The maximum absolute atomic E-state index is 6.02. The second kappa shape index (κ2) is 6.87. The van der Waals surface area contributed by atoms with Crippen LogP contribution in [0.1, 0.15) is 31.9 Å². The van der Waals surface area contributed by atoms with E-state index in [0.29, 0.717) is 21.5 Å². The summed E-state index contributed by atoms with van der Waals surface area (Å²) in [6.45, 7) is 4.18. The average molecular weight is 304 g/mol. The van der Waals surface area contributed by atoms with Crippen molar-refractivity contribution >= 4 is 47.2 Å². The minimum atomic E-state index is -0.203. The average Bonchev–Trinajstić information content (AvgIpc) is 2.11. The lowest BCUT2D eigenvalue weighted by atomic mass is 9.98. The molecule has 1 rings (SSSR count). The van der Waals surface area contributed by atoms with Crippen molar-refractivity contribution in [3.8, 4) is 0 Å². The number of aromatic nitrogens is 1. The molecule has 0 saturated carbocycles. The number of rotatable bonds is 3. The van der Waals surface area contributed by atoms with Crippen molar-refractivity contribution < 1.29 is 0 Å². The molecule has 1 heterocycles. The van der Waals surface area contributed by atoms with Gasteiger partial charge >= 0.3 is 0 Å². The summed E-state index contributed by atoms with van der Waals surface area (Å²) in [5.74, 6) is 0.471. The van der Waals surface area contributed by atoms with Crippen molar-refractivity contribution in [1.29, 1.82) is 0 Å². The van der Waals surface area contributed by atoms with Crippen molar-refractivity contribution in [1.82, 2.24) is 4.98 Å². The normalized spacial score (nSPS) is 12.4. The van der Waals surface area contributed by atoms with E-state index in [-0.39, 0.29) is 23.6 Å². The first-order chi connectivity index (χ1) is 6.93. The molecule has 1 atom stereocenters. The monoisotopic (exact) mass is 302 g/mol. The molecular formula is C10H14Cl4N2. The van der Waals surface area contributed by atoms with Crippen LogP contribution in [0.15, 0.2) is 6.20 Å². The SMILES string of the molecule is CC(C)C[C@@H](N)c1c(Cl)cnc(Cl)c1Cl.Cl. The Morgan fingerprint density at radius 1 is 1.31 bits per heavy atom. The van der Waals surface area contributed by atoms with E-state index in [2.05, 4.69) is 18.8 Å². The van der Waals surface area contributed by atoms with E-state index in [1.807, 2.05) is 0 Å². The van der Waals surface area contributed by atoms with Crippen LogP contribution in [0.3, 0.4) is 0 Å². The predicted octanol–water partition coefficient (Wildman–Crippen LogP) is 4.51. The maximum Gasteiger partial charge on any atom is 0.148 e. The van der Waals surface area contributed by atoms with Gasteiger partial charge in [-0.2, -0.15) is 0 Å². The van der Waals surface area contributed by atoms with Crippen LogP contribution < -0.4 is 5.73 Å². The molecule has 1 aromatic rings. The van der Waals surface area contributed by atoms with E-state index >= 15 is 0 Å². The van der Waals surface area contributed by atoms with Crippen molar-refractivity contribution in [3.05, 3.63) is 27.0 Å². The molecule has 2 N–H and O–H groups in total. The molecule has 0 amide bonds. The summed E-state index contributed by atoms with van der Waals surface area (Å²) in [6.07, 6.45) is 2.28. The van der Waals surface area contributed by atoms with E-state index in [9.17, 15) is 0 Å². The van der Waals surface area contributed by atoms with E-state index < -0.39 is 0 Å². The molecule has 6 heteroatoms. The van der Waals surface area contributed by atoms with Crippen LogP contribution >= 0.6 is 47.2 Å². The van der Waals surface area contributed by atoms with Crippen molar-refractivity contribution in [2.24, 2.45) is 11.7 Å². The van der Waals surface area contributed by atoms with Crippen LogP contribution in [0.25, 0.3) is 0 Å². The summed E-state index contributed by atoms with van der Waals surface area (Å²) in [7, 11) is 0. The van der Waals surface area contributed by atoms with Gasteiger partial charge < -0.3 is 5.73 Å². The fraction of sp³-hybridized carbons (Fsp3) is 0.500. The van der Waals surface area contributed by atoms with Crippen LogP contribution in [0, 0.1) is 5.92 Å². The molecule has 0 aliphatic rings. The van der Waals surface area contributed by atoms with Gasteiger partial charge in [0, 0.05) is 17.8 Å². The summed E-state index contributed by atoms with van der Waals surface area (Å²) in [4.78, 5) is 3.85. The Morgan fingerprint density at radius 2 is 1.88 bits per heavy atom. The van der Waals surface area contributed by atoms with Gasteiger partial charge in [0.15, 0.2) is 0 Å². The minimum absolute atomic E-state index is 0. The van der Waals surface area contributed by atoms with Gasteiger partial charge in [0.1, 0.15) is 5.15 Å². The predicted molar refractivity (Wildman–Crippen MR) is 72.9 cm³/mol. The fourth-order valence-electron chi connectivity index (χ4n) is 1.42. The molecule has 0 aromatic carbocycles. The first kappa shape index (κ1) is 16.3.